The van der Waals surface area contributed by atoms with Crippen molar-refractivity contribution in [1.29, 1.82) is 0 Å². The molecule has 0 bridgehead atoms. The Kier molecular flexibility index (Phi) is 3.54. The van der Waals surface area contributed by atoms with E-state index in [9.17, 15) is 0 Å². The number of aromatic nitrogens is 2. The summed E-state index contributed by atoms with van der Waals surface area (Å²) in [4.78, 5) is 0. The molecule has 1 heterocycles. The Morgan fingerprint density at radius 1 is 0.950 bits per heavy atom. The number of hydrogen-bond acceptors (Lipinski definition) is 2. The first kappa shape index (κ1) is 12.9. The van der Waals surface area contributed by atoms with Crippen LogP contribution in [0.3, 0.4) is 0 Å². The van der Waals surface area contributed by atoms with Crippen LogP contribution in [0.1, 0.15) is 17.3 Å². The summed E-state index contributed by atoms with van der Waals surface area (Å²) >= 11 is 5.91. The smallest absolute Gasteiger partial charge is 0.0727 e. The number of nitrogens with zero attached hydrogens (tertiary/aromatic N) is 2. The Hall–Kier alpha value is -2.10. The van der Waals surface area contributed by atoms with Gasteiger partial charge in [-0.15, -0.1) is 0 Å². The summed E-state index contributed by atoms with van der Waals surface area (Å²) in [5.41, 5.74) is 9.29. The van der Waals surface area contributed by atoms with Crippen molar-refractivity contribution in [2.75, 3.05) is 0 Å². The van der Waals surface area contributed by atoms with Gasteiger partial charge in [0, 0.05) is 11.2 Å². The van der Waals surface area contributed by atoms with Crippen LogP contribution in [0.4, 0.5) is 0 Å². The molecule has 0 aliphatic rings. The van der Waals surface area contributed by atoms with Crippen LogP contribution < -0.4 is 5.73 Å². The molecule has 3 nitrogen and oxygen atoms in total. The van der Waals surface area contributed by atoms with E-state index in [4.69, 9.17) is 17.3 Å². The van der Waals surface area contributed by atoms with Crippen molar-refractivity contribution in [2.45, 2.75) is 6.04 Å². The number of benzene rings is 2. The first-order chi connectivity index (χ1) is 9.75. The summed E-state index contributed by atoms with van der Waals surface area (Å²) in [5, 5.41) is 5.07. The van der Waals surface area contributed by atoms with Crippen molar-refractivity contribution < 1.29 is 0 Å². The van der Waals surface area contributed by atoms with Gasteiger partial charge in [0.05, 0.1) is 17.4 Å². The summed E-state index contributed by atoms with van der Waals surface area (Å²) in [7, 11) is 0. The van der Waals surface area contributed by atoms with Gasteiger partial charge in [0.1, 0.15) is 0 Å². The fraction of sp³-hybridized carbons (Fsp3) is 0.0625. The van der Waals surface area contributed by atoms with Crippen LogP contribution >= 0.6 is 11.6 Å². The average Bonchev–Trinajstić information content (AvgIpc) is 2.97. The Bertz CT molecular complexity index is 689. The van der Waals surface area contributed by atoms with Crippen molar-refractivity contribution in [2.24, 2.45) is 5.73 Å². The summed E-state index contributed by atoms with van der Waals surface area (Å²) < 4.78 is 1.86. The van der Waals surface area contributed by atoms with Gasteiger partial charge in [-0.05, 0) is 35.9 Å². The zero-order chi connectivity index (χ0) is 13.9. The van der Waals surface area contributed by atoms with E-state index in [-0.39, 0.29) is 6.04 Å². The van der Waals surface area contributed by atoms with Crippen LogP contribution in [0.25, 0.3) is 5.69 Å². The average molecular weight is 284 g/mol. The van der Waals surface area contributed by atoms with Gasteiger partial charge in [-0.1, -0.05) is 41.9 Å². The Morgan fingerprint density at radius 3 is 2.35 bits per heavy atom. The van der Waals surface area contributed by atoms with Gasteiger partial charge < -0.3 is 5.73 Å². The Labute approximate surface area is 122 Å². The van der Waals surface area contributed by atoms with Gasteiger partial charge in [-0.3, -0.25) is 0 Å². The highest BCUT2D eigenvalue weighted by molar-refractivity contribution is 6.30. The topological polar surface area (TPSA) is 43.8 Å². The van der Waals surface area contributed by atoms with E-state index in [2.05, 4.69) is 5.10 Å². The highest BCUT2D eigenvalue weighted by atomic mass is 35.5. The molecule has 2 aromatic carbocycles. The summed E-state index contributed by atoms with van der Waals surface area (Å²) in [6.45, 7) is 0. The molecular weight excluding hydrogens is 270 g/mol. The lowest BCUT2D eigenvalue weighted by Gasteiger charge is -2.15. The maximum Gasteiger partial charge on any atom is 0.0727 e. The van der Waals surface area contributed by atoms with Gasteiger partial charge in [-0.2, -0.15) is 5.10 Å². The summed E-state index contributed by atoms with van der Waals surface area (Å²) in [6.07, 6.45) is 1.76. The van der Waals surface area contributed by atoms with Gasteiger partial charge in [0.15, 0.2) is 0 Å². The lowest BCUT2D eigenvalue weighted by molar-refractivity contribution is 0.739. The van der Waals surface area contributed by atoms with E-state index in [1.54, 1.807) is 6.20 Å². The van der Waals surface area contributed by atoms with Gasteiger partial charge in [-0.25, -0.2) is 4.68 Å². The quantitative estimate of drug-likeness (QED) is 0.798. The number of nitrogens with two attached hydrogens (primary N) is 1. The molecule has 0 fully saturated rings. The third-order valence-corrected chi connectivity index (χ3v) is 3.47. The van der Waals surface area contributed by atoms with E-state index in [1.807, 2.05) is 65.3 Å². The normalized spacial score (nSPS) is 12.3. The highest BCUT2D eigenvalue weighted by Crippen LogP contribution is 2.23. The second-order valence-corrected chi connectivity index (χ2v) is 4.97. The number of rotatable bonds is 3. The molecule has 20 heavy (non-hydrogen) atoms. The third kappa shape index (κ3) is 2.46. The van der Waals surface area contributed by atoms with Gasteiger partial charge in [0.2, 0.25) is 0 Å². The molecule has 0 spiro atoms. The van der Waals surface area contributed by atoms with Gasteiger partial charge in [0.25, 0.3) is 0 Å². The highest BCUT2D eigenvalue weighted by Gasteiger charge is 2.14. The van der Waals surface area contributed by atoms with Crippen LogP contribution in [0.2, 0.25) is 5.02 Å². The van der Waals surface area contributed by atoms with Crippen molar-refractivity contribution in [3.8, 4) is 5.69 Å². The minimum Gasteiger partial charge on any atom is -0.319 e. The van der Waals surface area contributed by atoms with Crippen LogP contribution in [0.5, 0.6) is 0 Å². The maximum atomic E-state index is 6.35. The van der Waals surface area contributed by atoms with E-state index < -0.39 is 0 Å². The molecule has 1 unspecified atom stereocenters. The predicted octanol–water partition coefficient (Wildman–Crippen LogP) is 3.57. The number of hydrogen-bond donors (Lipinski definition) is 1. The minimum atomic E-state index is -0.241. The molecule has 4 heteroatoms. The second-order valence-electron chi connectivity index (χ2n) is 4.53. The molecule has 100 valence electrons. The summed E-state index contributed by atoms with van der Waals surface area (Å²) in [6, 6.07) is 19.2. The molecule has 0 saturated carbocycles. The fourth-order valence-electron chi connectivity index (χ4n) is 2.17. The maximum absolute atomic E-state index is 6.35. The molecule has 0 aliphatic heterocycles. The van der Waals surface area contributed by atoms with Crippen LogP contribution in [0, 0.1) is 0 Å². The zero-order valence-corrected chi connectivity index (χ0v) is 11.5. The van der Waals surface area contributed by atoms with Crippen LogP contribution in [0.15, 0.2) is 66.9 Å². The largest absolute Gasteiger partial charge is 0.319 e. The number of para-hydroxylation sites is 1. The lowest BCUT2D eigenvalue weighted by atomic mass is 10.0. The molecule has 0 amide bonds. The van der Waals surface area contributed by atoms with Crippen LogP contribution in [-0.4, -0.2) is 9.78 Å². The van der Waals surface area contributed by atoms with E-state index in [0.29, 0.717) is 5.02 Å². The van der Waals surface area contributed by atoms with Crippen LogP contribution in [-0.2, 0) is 0 Å². The SMILES string of the molecule is NC(c1ccc(Cl)cc1)c1ccnn1-c1ccccc1. The molecule has 0 aliphatic carbocycles. The van der Waals surface area contributed by atoms with Crippen molar-refractivity contribution >= 4 is 11.6 Å². The minimum absolute atomic E-state index is 0.241. The van der Waals surface area contributed by atoms with Gasteiger partial charge >= 0.3 is 0 Å². The zero-order valence-electron chi connectivity index (χ0n) is 10.8. The molecule has 1 aromatic heterocycles. The molecule has 1 atom stereocenters. The molecule has 0 saturated heterocycles. The molecular formula is C16H14ClN3. The Balaban J connectivity index is 1.99. The van der Waals surface area contributed by atoms with E-state index in [0.717, 1.165) is 16.9 Å². The first-order valence-electron chi connectivity index (χ1n) is 6.36. The Morgan fingerprint density at radius 2 is 1.65 bits per heavy atom. The number of halogens is 1. The second kappa shape index (κ2) is 5.49. The lowest BCUT2D eigenvalue weighted by Crippen LogP contribution is -2.16. The van der Waals surface area contributed by atoms with E-state index >= 15 is 0 Å². The van der Waals surface area contributed by atoms with Crippen molar-refractivity contribution in [3.63, 3.8) is 0 Å². The van der Waals surface area contributed by atoms with Crippen molar-refractivity contribution in [1.82, 2.24) is 9.78 Å². The first-order valence-corrected chi connectivity index (χ1v) is 6.74. The molecule has 3 aromatic rings. The third-order valence-electron chi connectivity index (χ3n) is 3.22. The monoisotopic (exact) mass is 283 g/mol. The molecule has 3 rings (SSSR count). The predicted molar refractivity (Wildman–Crippen MR) is 81.0 cm³/mol. The fourth-order valence-corrected chi connectivity index (χ4v) is 2.30. The van der Waals surface area contributed by atoms with Crippen molar-refractivity contribution in [3.05, 3.63) is 83.1 Å². The van der Waals surface area contributed by atoms with E-state index in [1.165, 1.54) is 0 Å². The molecule has 2 N–H and O–H groups in total. The molecule has 0 radical (unpaired) electrons. The standard InChI is InChI=1S/C16H14ClN3/c17-13-8-6-12(7-9-13)16(18)15-10-11-19-20(15)14-4-2-1-3-5-14/h1-11,16H,18H2. The summed E-state index contributed by atoms with van der Waals surface area (Å²) in [5.74, 6) is 0.